The second kappa shape index (κ2) is 5.50. The van der Waals surface area contributed by atoms with E-state index in [2.05, 4.69) is 4.90 Å². The zero-order chi connectivity index (χ0) is 13.1. The molecule has 0 aliphatic carbocycles. The van der Waals surface area contributed by atoms with Crippen LogP contribution in [0.3, 0.4) is 0 Å². The summed E-state index contributed by atoms with van der Waals surface area (Å²) >= 11 is 0. The maximum atomic E-state index is 12.8. The number of likely N-dealkylation sites (N-methyl/N-ethyl adjacent to an activating group) is 1. The van der Waals surface area contributed by atoms with Crippen LogP contribution in [0.25, 0.3) is 0 Å². The van der Waals surface area contributed by atoms with Crippen LogP contribution < -0.4 is 4.90 Å². The third-order valence-corrected chi connectivity index (χ3v) is 2.97. The van der Waals surface area contributed by atoms with E-state index in [1.54, 1.807) is 12.1 Å². The van der Waals surface area contributed by atoms with Gasteiger partial charge in [-0.15, -0.1) is 0 Å². The molecular weight excluding hydrogens is 217 g/mol. The summed E-state index contributed by atoms with van der Waals surface area (Å²) in [6.07, 6.45) is -0.410. The van der Waals surface area contributed by atoms with Crippen LogP contribution in [0.5, 0.6) is 0 Å². The van der Waals surface area contributed by atoms with Gasteiger partial charge in [-0.25, -0.2) is 4.39 Å². The lowest BCUT2D eigenvalue weighted by molar-refractivity contribution is 0.0691. The van der Waals surface area contributed by atoms with Crippen LogP contribution >= 0.6 is 0 Å². The van der Waals surface area contributed by atoms with Crippen LogP contribution in [-0.4, -0.2) is 24.3 Å². The van der Waals surface area contributed by atoms with E-state index < -0.39 is 6.10 Å². The highest BCUT2D eigenvalue weighted by Crippen LogP contribution is 2.22. The molecule has 0 aromatic heterocycles. The quantitative estimate of drug-likeness (QED) is 0.873. The molecule has 0 radical (unpaired) electrons. The predicted octanol–water partition coefficient (Wildman–Crippen LogP) is 3.06. The molecule has 2 nitrogen and oxygen atoms in total. The van der Waals surface area contributed by atoms with Gasteiger partial charge in [0.2, 0.25) is 0 Å². The zero-order valence-electron chi connectivity index (χ0n) is 11.1. The minimum Gasteiger partial charge on any atom is -0.391 e. The molecule has 1 atom stereocenters. The summed E-state index contributed by atoms with van der Waals surface area (Å²) in [4.78, 5) is 2.05. The number of hydrogen-bond donors (Lipinski definition) is 1. The second-order valence-electron chi connectivity index (χ2n) is 5.40. The van der Waals surface area contributed by atoms with Gasteiger partial charge in [0, 0.05) is 18.8 Å². The van der Waals surface area contributed by atoms with Crippen molar-refractivity contribution in [2.75, 3.05) is 18.0 Å². The van der Waals surface area contributed by atoms with Gasteiger partial charge in [-0.2, -0.15) is 0 Å². The fourth-order valence-electron chi connectivity index (χ4n) is 1.55. The van der Waals surface area contributed by atoms with Crippen molar-refractivity contribution >= 4 is 5.69 Å². The molecule has 1 N–H and O–H groups in total. The SMILES string of the molecule is CCN(CC(O)C(C)(C)C)c1ccc(F)cc1. The van der Waals surface area contributed by atoms with E-state index in [-0.39, 0.29) is 11.2 Å². The number of benzene rings is 1. The monoisotopic (exact) mass is 239 g/mol. The zero-order valence-corrected chi connectivity index (χ0v) is 11.1. The van der Waals surface area contributed by atoms with Gasteiger partial charge in [-0.1, -0.05) is 20.8 Å². The Morgan fingerprint density at radius 3 is 2.18 bits per heavy atom. The lowest BCUT2D eigenvalue weighted by Gasteiger charge is -2.32. The van der Waals surface area contributed by atoms with Crippen molar-refractivity contribution < 1.29 is 9.50 Å². The number of halogens is 1. The molecule has 1 unspecified atom stereocenters. The van der Waals surface area contributed by atoms with Gasteiger partial charge in [0.15, 0.2) is 0 Å². The second-order valence-corrected chi connectivity index (χ2v) is 5.40. The number of aliphatic hydroxyl groups excluding tert-OH is 1. The van der Waals surface area contributed by atoms with Crippen LogP contribution in [0.4, 0.5) is 10.1 Å². The Kier molecular flexibility index (Phi) is 4.52. The highest BCUT2D eigenvalue weighted by molar-refractivity contribution is 5.46. The van der Waals surface area contributed by atoms with E-state index in [9.17, 15) is 9.50 Å². The first kappa shape index (κ1) is 14.0. The average molecular weight is 239 g/mol. The number of aliphatic hydroxyl groups is 1. The molecule has 0 aliphatic heterocycles. The molecule has 0 aliphatic rings. The summed E-state index contributed by atoms with van der Waals surface area (Å²) < 4.78 is 12.8. The van der Waals surface area contributed by atoms with E-state index in [1.807, 2.05) is 27.7 Å². The van der Waals surface area contributed by atoms with Crippen molar-refractivity contribution in [3.63, 3.8) is 0 Å². The first-order valence-corrected chi connectivity index (χ1v) is 6.03. The molecule has 1 aromatic rings. The maximum absolute atomic E-state index is 12.8. The fourth-order valence-corrected chi connectivity index (χ4v) is 1.55. The fraction of sp³-hybridized carbons (Fsp3) is 0.571. The molecule has 0 amide bonds. The van der Waals surface area contributed by atoms with Crippen molar-refractivity contribution in [3.8, 4) is 0 Å². The van der Waals surface area contributed by atoms with E-state index >= 15 is 0 Å². The largest absolute Gasteiger partial charge is 0.391 e. The number of anilines is 1. The van der Waals surface area contributed by atoms with E-state index in [0.29, 0.717) is 6.54 Å². The van der Waals surface area contributed by atoms with Crippen LogP contribution in [-0.2, 0) is 0 Å². The summed E-state index contributed by atoms with van der Waals surface area (Å²) in [7, 11) is 0. The van der Waals surface area contributed by atoms with Crippen molar-refractivity contribution in [2.45, 2.75) is 33.8 Å². The Hall–Kier alpha value is -1.09. The normalized spacial score (nSPS) is 13.5. The van der Waals surface area contributed by atoms with Gasteiger partial charge in [0.05, 0.1) is 6.10 Å². The lowest BCUT2D eigenvalue weighted by Crippen LogP contribution is -2.39. The molecule has 3 heteroatoms. The molecule has 0 saturated carbocycles. The van der Waals surface area contributed by atoms with Crippen molar-refractivity contribution in [3.05, 3.63) is 30.1 Å². The Morgan fingerprint density at radius 2 is 1.76 bits per heavy atom. The van der Waals surface area contributed by atoms with E-state index in [4.69, 9.17) is 0 Å². The number of rotatable bonds is 4. The average Bonchev–Trinajstić information content (AvgIpc) is 2.25. The lowest BCUT2D eigenvalue weighted by atomic mass is 9.89. The minimum atomic E-state index is -0.410. The van der Waals surface area contributed by atoms with Gasteiger partial charge in [-0.3, -0.25) is 0 Å². The van der Waals surface area contributed by atoms with Gasteiger partial charge >= 0.3 is 0 Å². The molecule has 17 heavy (non-hydrogen) atoms. The van der Waals surface area contributed by atoms with Gasteiger partial charge in [0.25, 0.3) is 0 Å². The van der Waals surface area contributed by atoms with Crippen molar-refractivity contribution in [1.29, 1.82) is 0 Å². The number of nitrogens with zero attached hydrogens (tertiary/aromatic N) is 1. The van der Waals surface area contributed by atoms with Gasteiger partial charge in [0.1, 0.15) is 5.82 Å². The first-order chi connectivity index (χ1) is 7.84. The topological polar surface area (TPSA) is 23.5 Å². The van der Waals surface area contributed by atoms with Crippen LogP contribution in [0.15, 0.2) is 24.3 Å². The summed E-state index contributed by atoms with van der Waals surface area (Å²) in [5.41, 5.74) is 0.796. The van der Waals surface area contributed by atoms with Crippen LogP contribution in [0.1, 0.15) is 27.7 Å². The van der Waals surface area contributed by atoms with Crippen molar-refractivity contribution in [1.82, 2.24) is 0 Å². The van der Waals surface area contributed by atoms with E-state index in [1.165, 1.54) is 12.1 Å². The van der Waals surface area contributed by atoms with Crippen molar-refractivity contribution in [2.24, 2.45) is 5.41 Å². The van der Waals surface area contributed by atoms with Gasteiger partial charge in [-0.05, 0) is 36.6 Å². The highest BCUT2D eigenvalue weighted by Gasteiger charge is 2.24. The summed E-state index contributed by atoms with van der Waals surface area (Å²) in [5, 5.41) is 10.1. The smallest absolute Gasteiger partial charge is 0.123 e. The summed E-state index contributed by atoms with van der Waals surface area (Å²) in [5.74, 6) is -0.235. The molecule has 0 spiro atoms. The van der Waals surface area contributed by atoms with Crippen LogP contribution in [0.2, 0.25) is 0 Å². The summed E-state index contributed by atoms with van der Waals surface area (Å²) in [6, 6.07) is 6.38. The molecule has 0 heterocycles. The molecule has 0 bridgehead atoms. The standard InChI is InChI=1S/C14H22FNO/c1-5-16(10-13(17)14(2,3)4)12-8-6-11(15)7-9-12/h6-9,13,17H,5,10H2,1-4H3. The Morgan fingerprint density at radius 1 is 1.24 bits per heavy atom. The predicted molar refractivity (Wildman–Crippen MR) is 69.7 cm³/mol. The molecule has 0 saturated heterocycles. The first-order valence-electron chi connectivity index (χ1n) is 6.03. The van der Waals surface area contributed by atoms with Crippen LogP contribution in [0, 0.1) is 11.2 Å². The highest BCUT2D eigenvalue weighted by atomic mass is 19.1. The van der Waals surface area contributed by atoms with Gasteiger partial charge < -0.3 is 10.0 Å². The maximum Gasteiger partial charge on any atom is 0.123 e. The summed E-state index contributed by atoms with van der Waals surface area (Å²) in [6.45, 7) is 9.41. The molecule has 1 rings (SSSR count). The molecular formula is C14H22FNO. The molecule has 96 valence electrons. The Labute approximate surface area is 103 Å². The Balaban J connectivity index is 2.75. The minimum absolute atomic E-state index is 0.145. The third kappa shape index (κ3) is 4.00. The van der Waals surface area contributed by atoms with E-state index in [0.717, 1.165) is 12.2 Å². The Bertz CT molecular complexity index is 342. The number of hydrogen-bond acceptors (Lipinski definition) is 2. The molecule has 1 aromatic carbocycles. The third-order valence-electron chi connectivity index (χ3n) is 2.97. The molecule has 0 fully saturated rings.